The van der Waals surface area contributed by atoms with Crippen LogP contribution in [0.1, 0.15) is 19.4 Å². The second-order valence-corrected chi connectivity index (χ2v) is 8.42. The Morgan fingerprint density at radius 3 is 2.60 bits per heavy atom. The van der Waals surface area contributed by atoms with Gasteiger partial charge in [-0.2, -0.15) is 0 Å². The molecular weight excluding hydrogens is 400 g/mol. The zero-order chi connectivity index (χ0) is 21.3. The average Bonchev–Trinajstić information content (AvgIpc) is 3.11. The van der Waals surface area contributed by atoms with Gasteiger partial charge in [0.1, 0.15) is 16.1 Å². The number of thiophene rings is 1. The van der Waals surface area contributed by atoms with E-state index in [9.17, 15) is 14.4 Å². The molecule has 4 aromatic rings. The topological polar surface area (TPSA) is 86.0 Å². The van der Waals surface area contributed by atoms with Crippen LogP contribution in [0.25, 0.3) is 20.4 Å². The normalized spacial score (nSPS) is 11.4. The molecule has 1 aromatic carbocycles. The highest BCUT2D eigenvalue weighted by Gasteiger charge is 2.20. The molecule has 1 amide bonds. The molecule has 0 radical (unpaired) electrons. The lowest BCUT2D eigenvalue weighted by Gasteiger charge is -2.14. The molecule has 0 aliphatic heterocycles. The smallest absolute Gasteiger partial charge is 0.332 e. The summed E-state index contributed by atoms with van der Waals surface area (Å²) in [6.07, 6.45) is 2.20. The fourth-order valence-electron chi connectivity index (χ4n) is 3.52. The molecule has 30 heavy (non-hydrogen) atoms. The zero-order valence-electron chi connectivity index (χ0n) is 16.8. The van der Waals surface area contributed by atoms with Crippen molar-refractivity contribution in [3.05, 3.63) is 75.1 Å². The van der Waals surface area contributed by atoms with Crippen LogP contribution in [-0.4, -0.2) is 26.1 Å². The Morgan fingerprint density at radius 1 is 1.10 bits per heavy atom. The average molecular weight is 423 g/mol. The first kappa shape index (κ1) is 20.0. The van der Waals surface area contributed by atoms with E-state index in [0.29, 0.717) is 26.9 Å². The molecular formula is C22H22N4O3S. The molecule has 0 spiro atoms. The lowest BCUT2D eigenvalue weighted by atomic mass is 10.1. The predicted octanol–water partition coefficient (Wildman–Crippen LogP) is 2.54. The van der Waals surface area contributed by atoms with Crippen LogP contribution in [0.15, 0.2) is 58.3 Å². The molecule has 1 N–H and O–H groups in total. The molecule has 3 heterocycles. The van der Waals surface area contributed by atoms with Crippen molar-refractivity contribution in [3.8, 4) is 0 Å². The number of amides is 1. The van der Waals surface area contributed by atoms with E-state index in [1.165, 1.54) is 20.5 Å². The van der Waals surface area contributed by atoms with E-state index >= 15 is 0 Å². The van der Waals surface area contributed by atoms with Gasteiger partial charge >= 0.3 is 5.69 Å². The molecule has 4 rings (SSSR count). The number of carbonyl (C=O) groups is 1. The van der Waals surface area contributed by atoms with Crippen LogP contribution in [0.2, 0.25) is 0 Å². The summed E-state index contributed by atoms with van der Waals surface area (Å²) in [5, 5.41) is 3.52. The molecule has 0 unspecified atom stereocenters. The highest BCUT2D eigenvalue weighted by Crippen LogP contribution is 2.29. The Bertz CT molecular complexity index is 1340. The third kappa shape index (κ3) is 3.78. The molecule has 0 fully saturated rings. The molecule has 0 aliphatic carbocycles. The van der Waals surface area contributed by atoms with Gasteiger partial charge in [-0.15, -0.1) is 11.3 Å². The Hall–Kier alpha value is -3.26. The van der Waals surface area contributed by atoms with Crippen LogP contribution >= 0.6 is 11.3 Å². The number of rotatable bonds is 6. The number of hydrogen-bond acceptors (Lipinski definition) is 5. The van der Waals surface area contributed by atoms with Gasteiger partial charge in [0.25, 0.3) is 5.56 Å². The number of fused-ring (bicyclic) bond motifs is 3. The fourth-order valence-corrected chi connectivity index (χ4v) is 4.62. The zero-order valence-corrected chi connectivity index (χ0v) is 17.6. The largest absolute Gasteiger partial charge is 0.352 e. The minimum atomic E-state index is -0.481. The van der Waals surface area contributed by atoms with Crippen LogP contribution in [-0.2, 0) is 24.3 Å². The van der Waals surface area contributed by atoms with Gasteiger partial charge < -0.3 is 5.32 Å². The Balaban J connectivity index is 1.88. The molecule has 3 aromatic heterocycles. The second-order valence-electron chi connectivity index (χ2n) is 7.42. The lowest BCUT2D eigenvalue weighted by Crippen LogP contribution is -2.43. The predicted molar refractivity (Wildman–Crippen MR) is 119 cm³/mol. The lowest BCUT2D eigenvalue weighted by molar-refractivity contribution is -0.122. The van der Waals surface area contributed by atoms with E-state index in [1.54, 1.807) is 12.3 Å². The van der Waals surface area contributed by atoms with Crippen LogP contribution in [0, 0.1) is 0 Å². The maximum absolute atomic E-state index is 13.3. The summed E-state index contributed by atoms with van der Waals surface area (Å²) >= 11 is 1.25. The van der Waals surface area contributed by atoms with Gasteiger partial charge in [-0.3, -0.25) is 18.7 Å². The first-order valence-corrected chi connectivity index (χ1v) is 10.6. The van der Waals surface area contributed by atoms with Crippen molar-refractivity contribution in [2.45, 2.75) is 39.4 Å². The van der Waals surface area contributed by atoms with Crippen molar-refractivity contribution in [1.82, 2.24) is 19.4 Å². The van der Waals surface area contributed by atoms with Crippen LogP contribution in [0.3, 0.4) is 0 Å². The number of aryl methyl sites for hydroxylation is 1. The standard InChI is InChI=1S/C22H22N4O3S/c1-14(2)24-17(27)13-26-18-16-9-6-11-23-20(16)30-19(18)21(28)25(22(26)29)12-10-15-7-4-3-5-8-15/h3-9,11,14H,10,12-13H2,1-2H3,(H,24,27). The van der Waals surface area contributed by atoms with E-state index in [4.69, 9.17) is 0 Å². The summed E-state index contributed by atoms with van der Waals surface area (Å²) in [7, 11) is 0. The summed E-state index contributed by atoms with van der Waals surface area (Å²) < 4.78 is 3.07. The van der Waals surface area contributed by atoms with Crippen LogP contribution in [0.5, 0.6) is 0 Å². The molecule has 8 heteroatoms. The van der Waals surface area contributed by atoms with Gasteiger partial charge in [0.05, 0.1) is 5.52 Å². The number of aromatic nitrogens is 3. The molecule has 0 atom stereocenters. The van der Waals surface area contributed by atoms with Crippen molar-refractivity contribution in [1.29, 1.82) is 0 Å². The van der Waals surface area contributed by atoms with Crippen molar-refractivity contribution >= 4 is 37.7 Å². The van der Waals surface area contributed by atoms with E-state index < -0.39 is 5.69 Å². The van der Waals surface area contributed by atoms with E-state index in [0.717, 1.165) is 5.56 Å². The second kappa shape index (κ2) is 8.23. The molecule has 0 saturated heterocycles. The third-order valence-electron chi connectivity index (χ3n) is 4.83. The van der Waals surface area contributed by atoms with E-state index in [-0.39, 0.29) is 30.6 Å². The maximum atomic E-state index is 13.3. The molecule has 154 valence electrons. The highest BCUT2D eigenvalue weighted by atomic mass is 32.1. The number of pyridine rings is 1. The first-order valence-electron chi connectivity index (χ1n) is 9.80. The van der Waals surface area contributed by atoms with E-state index in [1.807, 2.05) is 50.2 Å². The minimum absolute atomic E-state index is 0.0476. The first-order chi connectivity index (χ1) is 14.5. The summed E-state index contributed by atoms with van der Waals surface area (Å²) in [6.45, 7) is 3.81. The third-order valence-corrected chi connectivity index (χ3v) is 5.92. The summed E-state index contributed by atoms with van der Waals surface area (Å²) in [5.74, 6) is -0.273. The van der Waals surface area contributed by atoms with Crippen molar-refractivity contribution in [2.75, 3.05) is 0 Å². The minimum Gasteiger partial charge on any atom is -0.352 e. The Morgan fingerprint density at radius 2 is 1.87 bits per heavy atom. The monoisotopic (exact) mass is 422 g/mol. The number of nitrogens with zero attached hydrogens (tertiary/aromatic N) is 3. The van der Waals surface area contributed by atoms with Gasteiger partial charge in [-0.05, 0) is 38.0 Å². The SMILES string of the molecule is CC(C)NC(=O)Cn1c(=O)n(CCc2ccccc2)c(=O)c2sc3ncccc3c21. The van der Waals surface area contributed by atoms with Gasteiger partial charge in [0.15, 0.2) is 0 Å². The van der Waals surface area contributed by atoms with Crippen molar-refractivity contribution < 1.29 is 4.79 Å². The maximum Gasteiger partial charge on any atom is 0.332 e. The van der Waals surface area contributed by atoms with E-state index in [2.05, 4.69) is 10.3 Å². The Labute approximate surface area is 176 Å². The van der Waals surface area contributed by atoms with Crippen molar-refractivity contribution in [2.24, 2.45) is 0 Å². The Kier molecular flexibility index (Phi) is 5.50. The van der Waals surface area contributed by atoms with Gasteiger partial charge in [-0.25, -0.2) is 9.78 Å². The number of nitrogens with one attached hydrogen (secondary N) is 1. The number of benzene rings is 1. The number of hydrogen-bond donors (Lipinski definition) is 1. The number of carbonyl (C=O) groups excluding carboxylic acids is 1. The summed E-state index contributed by atoms with van der Waals surface area (Å²) in [5.41, 5.74) is 0.694. The molecule has 0 saturated carbocycles. The van der Waals surface area contributed by atoms with Crippen LogP contribution in [0.4, 0.5) is 0 Å². The quantitative estimate of drug-likeness (QED) is 0.517. The molecule has 0 bridgehead atoms. The summed E-state index contributed by atoms with van der Waals surface area (Å²) in [4.78, 5) is 44.0. The molecule has 7 nitrogen and oxygen atoms in total. The van der Waals surface area contributed by atoms with Gasteiger partial charge in [0, 0.05) is 24.2 Å². The van der Waals surface area contributed by atoms with Gasteiger partial charge in [0.2, 0.25) is 5.91 Å². The van der Waals surface area contributed by atoms with Gasteiger partial charge in [-0.1, -0.05) is 30.3 Å². The molecule has 0 aliphatic rings. The van der Waals surface area contributed by atoms with Crippen molar-refractivity contribution in [3.63, 3.8) is 0 Å². The summed E-state index contributed by atoms with van der Waals surface area (Å²) in [6, 6.07) is 13.2. The fraction of sp³-hybridized carbons (Fsp3) is 0.273. The van der Waals surface area contributed by atoms with Crippen LogP contribution < -0.4 is 16.6 Å². The highest BCUT2D eigenvalue weighted by molar-refractivity contribution is 7.25.